The number of hydrogen-bond donors (Lipinski definition) is 2. The van der Waals surface area contributed by atoms with Gasteiger partial charge in [0.05, 0.1) is 18.7 Å². The van der Waals surface area contributed by atoms with Gasteiger partial charge >= 0.3 is 0 Å². The summed E-state index contributed by atoms with van der Waals surface area (Å²) < 4.78 is 30.7. The van der Waals surface area contributed by atoms with Gasteiger partial charge in [-0.25, -0.2) is 9.37 Å². The number of nitrogens with zero attached hydrogens (tertiary/aromatic N) is 3. The molecule has 0 unspecified atom stereocenters. The maximum Gasteiger partial charge on any atom is 0.261 e. The average Bonchev–Trinajstić information content (AvgIpc) is 2.94. The number of aromatic hydroxyl groups is 1. The average molecular weight is 555 g/mol. The van der Waals surface area contributed by atoms with Crippen molar-refractivity contribution in [2.45, 2.75) is 26.9 Å². The summed E-state index contributed by atoms with van der Waals surface area (Å²) in [5, 5.41) is 13.7. The Balaban J connectivity index is 1.36. The number of methoxy groups -OCH3 is 1. The van der Waals surface area contributed by atoms with Crippen molar-refractivity contribution in [3.8, 4) is 40.0 Å². The van der Waals surface area contributed by atoms with E-state index in [-0.39, 0.29) is 17.4 Å². The number of anilines is 1. The molecule has 0 spiro atoms. The standard InChI is InChI=1S/C31H27FN4O5/c1-17(2)40-31-26(39-4)15-24-28(36-31)25(13-14-33-24)41-22-11-9-21(10-12-22)35-30(38)23-16-34-18(3)27(29(23)37)19-5-7-20(32)8-6-19/h5-17H,1-4H3,(H,34,37)(H,35,38). The molecule has 0 saturated heterocycles. The Hall–Kier alpha value is -5.25. The number of ether oxygens (including phenoxy) is 3. The van der Waals surface area contributed by atoms with Crippen LogP contribution in [0.1, 0.15) is 29.9 Å². The number of amides is 1. The molecule has 0 fully saturated rings. The second-order valence-electron chi connectivity index (χ2n) is 9.41. The molecule has 9 nitrogen and oxygen atoms in total. The van der Waals surface area contributed by atoms with Crippen LogP contribution in [-0.2, 0) is 0 Å². The minimum absolute atomic E-state index is 0.0144. The van der Waals surface area contributed by atoms with Crippen molar-refractivity contribution >= 4 is 22.6 Å². The lowest BCUT2D eigenvalue weighted by Crippen LogP contribution is -2.13. The second-order valence-corrected chi connectivity index (χ2v) is 9.41. The van der Waals surface area contributed by atoms with Gasteiger partial charge in [-0.15, -0.1) is 0 Å². The van der Waals surface area contributed by atoms with Crippen molar-refractivity contribution < 1.29 is 28.5 Å². The molecule has 41 heavy (non-hydrogen) atoms. The van der Waals surface area contributed by atoms with Crippen molar-refractivity contribution in [2.75, 3.05) is 12.4 Å². The monoisotopic (exact) mass is 554 g/mol. The zero-order valence-electron chi connectivity index (χ0n) is 22.8. The third-order valence-electron chi connectivity index (χ3n) is 6.13. The van der Waals surface area contributed by atoms with E-state index in [2.05, 4.69) is 20.3 Å². The van der Waals surface area contributed by atoms with Crippen LogP contribution in [0.15, 0.2) is 73.1 Å². The third-order valence-corrected chi connectivity index (χ3v) is 6.13. The summed E-state index contributed by atoms with van der Waals surface area (Å²) in [7, 11) is 1.54. The van der Waals surface area contributed by atoms with E-state index in [0.717, 1.165) is 0 Å². The van der Waals surface area contributed by atoms with Gasteiger partial charge in [0.15, 0.2) is 11.5 Å². The Morgan fingerprint density at radius 2 is 1.73 bits per heavy atom. The molecule has 0 radical (unpaired) electrons. The minimum Gasteiger partial charge on any atom is -0.506 e. The molecule has 0 aliphatic carbocycles. The summed E-state index contributed by atoms with van der Waals surface area (Å²) in [5.41, 5.74) is 2.95. The van der Waals surface area contributed by atoms with Crippen LogP contribution in [0.25, 0.3) is 22.2 Å². The van der Waals surface area contributed by atoms with Gasteiger partial charge in [-0.2, -0.15) is 0 Å². The molecule has 3 heterocycles. The molecule has 3 aromatic heterocycles. The first-order chi connectivity index (χ1) is 19.7. The lowest BCUT2D eigenvalue weighted by molar-refractivity contribution is 0.102. The van der Waals surface area contributed by atoms with E-state index in [1.54, 1.807) is 49.5 Å². The number of carbonyl (C=O) groups is 1. The Kier molecular flexibility index (Phi) is 7.64. The largest absolute Gasteiger partial charge is 0.506 e. The number of aryl methyl sites for hydroxylation is 1. The summed E-state index contributed by atoms with van der Waals surface area (Å²) in [5.74, 6) is 0.570. The van der Waals surface area contributed by atoms with E-state index in [1.807, 2.05) is 13.8 Å². The fourth-order valence-corrected chi connectivity index (χ4v) is 4.20. The Morgan fingerprint density at radius 3 is 2.41 bits per heavy atom. The van der Waals surface area contributed by atoms with Gasteiger partial charge in [0.25, 0.3) is 11.8 Å². The Morgan fingerprint density at radius 1 is 1.00 bits per heavy atom. The highest BCUT2D eigenvalue weighted by Crippen LogP contribution is 2.36. The van der Waals surface area contributed by atoms with Gasteiger partial charge in [-0.3, -0.25) is 14.8 Å². The fourth-order valence-electron chi connectivity index (χ4n) is 4.20. The first kappa shape index (κ1) is 27.3. The molecular weight excluding hydrogens is 527 g/mol. The zero-order valence-corrected chi connectivity index (χ0v) is 22.8. The first-order valence-electron chi connectivity index (χ1n) is 12.8. The van der Waals surface area contributed by atoms with Crippen LogP contribution in [0.3, 0.4) is 0 Å². The smallest absolute Gasteiger partial charge is 0.261 e. The normalized spacial score (nSPS) is 11.0. The molecule has 0 bridgehead atoms. The van der Waals surface area contributed by atoms with Crippen LogP contribution >= 0.6 is 0 Å². The van der Waals surface area contributed by atoms with E-state index < -0.39 is 11.7 Å². The van der Waals surface area contributed by atoms with Gasteiger partial charge < -0.3 is 24.6 Å². The van der Waals surface area contributed by atoms with E-state index >= 15 is 0 Å². The van der Waals surface area contributed by atoms with Crippen molar-refractivity contribution in [3.63, 3.8) is 0 Å². The number of benzene rings is 2. The maximum atomic E-state index is 13.4. The second kappa shape index (κ2) is 11.5. The number of carbonyl (C=O) groups excluding carboxylic acids is 1. The van der Waals surface area contributed by atoms with Crippen LogP contribution in [0, 0.1) is 12.7 Å². The molecule has 5 rings (SSSR count). The van der Waals surface area contributed by atoms with Crippen LogP contribution in [0.2, 0.25) is 0 Å². The number of pyridine rings is 3. The summed E-state index contributed by atoms with van der Waals surface area (Å²) in [6.45, 7) is 5.50. The predicted octanol–water partition coefficient (Wildman–Crippen LogP) is 6.69. The van der Waals surface area contributed by atoms with Crippen LogP contribution in [-0.4, -0.2) is 39.2 Å². The number of hydrogen-bond acceptors (Lipinski definition) is 8. The number of rotatable bonds is 8. The third kappa shape index (κ3) is 5.86. The number of fused-ring (bicyclic) bond motifs is 1. The molecule has 0 aliphatic heterocycles. The Bertz CT molecular complexity index is 1720. The molecule has 2 N–H and O–H groups in total. The molecular formula is C31H27FN4O5. The SMILES string of the molecule is COc1cc2nccc(Oc3ccc(NC(=O)c4cnc(C)c(-c5ccc(F)cc5)c4O)cc3)c2nc1OC(C)C. The lowest BCUT2D eigenvalue weighted by atomic mass is 10.0. The lowest BCUT2D eigenvalue weighted by Gasteiger charge is -2.15. The van der Waals surface area contributed by atoms with Crippen molar-refractivity contribution in [1.29, 1.82) is 0 Å². The van der Waals surface area contributed by atoms with Gasteiger partial charge in [0.2, 0.25) is 0 Å². The van der Waals surface area contributed by atoms with E-state index in [4.69, 9.17) is 14.2 Å². The van der Waals surface area contributed by atoms with Gasteiger partial charge in [-0.1, -0.05) is 12.1 Å². The molecule has 5 aromatic rings. The highest BCUT2D eigenvalue weighted by atomic mass is 19.1. The van der Waals surface area contributed by atoms with E-state index in [0.29, 0.717) is 56.7 Å². The van der Waals surface area contributed by atoms with Crippen molar-refractivity contribution in [2.24, 2.45) is 0 Å². The molecule has 0 aliphatic rings. The zero-order chi connectivity index (χ0) is 29.1. The summed E-state index contributed by atoms with van der Waals surface area (Å²) in [6, 6.07) is 15.8. The Labute approximate surface area is 235 Å². The molecule has 1 amide bonds. The summed E-state index contributed by atoms with van der Waals surface area (Å²) in [6.07, 6.45) is 2.81. The van der Waals surface area contributed by atoms with E-state index in [1.165, 1.54) is 37.6 Å². The number of aromatic nitrogens is 3. The highest BCUT2D eigenvalue weighted by molar-refractivity contribution is 6.07. The van der Waals surface area contributed by atoms with Crippen LogP contribution in [0.4, 0.5) is 10.1 Å². The molecule has 0 saturated carbocycles. The van der Waals surface area contributed by atoms with Crippen molar-refractivity contribution in [1.82, 2.24) is 15.0 Å². The summed E-state index contributed by atoms with van der Waals surface area (Å²) in [4.78, 5) is 26.2. The highest BCUT2D eigenvalue weighted by Gasteiger charge is 2.19. The fraction of sp³-hybridized carbons (Fsp3) is 0.161. The number of halogens is 1. The van der Waals surface area contributed by atoms with Gasteiger partial charge in [0, 0.05) is 41.5 Å². The quantitative estimate of drug-likeness (QED) is 0.218. The van der Waals surface area contributed by atoms with Crippen LogP contribution in [0.5, 0.6) is 28.9 Å². The van der Waals surface area contributed by atoms with Crippen molar-refractivity contribution in [3.05, 3.63) is 90.1 Å². The molecule has 10 heteroatoms. The maximum absolute atomic E-state index is 13.4. The van der Waals surface area contributed by atoms with Gasteiger partial charge in [0.1, 0.15) is 28.4 Å². The summed E-state index contributed by atoms with van der Waals surface area (Å²) >= 11 is 0. The first-order valence-corrected chi connectivity index (χ1v) is 12.8. The number of nitrogens with one attached hydrogen (secondary N) is 1. The predicted molar refractivity (Wildman–Crippen MR) is 152 cm³/mol. The molecule has 2 aromatic carbocycles. The molecule has 0 atom stereocenters. The van der Waals surface area contributed by atoms with Crippen LogP contribution < -0.4 is 19.5 Å². The molecule has 208 valence electrons. The van der Waals surface area contributed by atoms with E-state index in [9.17, 15) is 14.3 Å². The topological polar surface area (TPSA) is 116 Å². The minimum atomic E-state index is -0.553. The van der Waals surface area contributed by atoms with Gasteiger partial charge in [-0.05, 0) is 62.7 Å².